The minimum Gasteiger partial charge on any atom is -0.507 e. The molecular weight excluding hydrogens is 402 g/mol. The summed E-state index contributed by atoms with van der Waals surface area (Å²) >= 11 is 0. The molecule has 1 aliphatic rings. The van der Waals surface area contributed by atoms with Crippen LogP contribution in [0.25, 0.3) is 10.8 Å². The Morgan fingerprint density at radius 1 is 1.03 bits per heavy atom. The molecule has 3 aromatic rings. The van der Waals surface area contributed by atoms with E-state index in [2.05, 4.69) is 13.8 Å². The van der Waals surface area contributed by atoms with Crippen LogP contribution in [-0.2, 0) is 0 Å². The number of nitrogens with zero attached hydrogens (tertiary/aromatic N) is 1. The largest absolute Gasteiger partial charge is 0.507 e. The molecule has 5 nitrogen and oxygen atoms in total. The molecular formula is C27H29NO4. The number of phenols is 1. The maximum absolute atomic E-state index is 13.4. The van der Waals surface area contributed by atoms with Crippen molar-refractivity contribution < 1.29 is 19.8 Å². The lowest BCUT2D eigenvalue weighted by molar-refractivity contribution is -0.00284. The topological polar surface area (TPSA) is 77.8 Å². The van der Waals surface area contributed by atoms with Crippen LogP contribution in [0.1, 0.15) is 77.6 Å². The SMILES string of the molecule is CCCCC(CC)CN1C(=O)c2ccc(C(=O)c3ccccc3O)c3cccc(c23)C1O. The third-order valence-electron chi connectivity index (χ3n) is 6.53. The number of hydrogen-bond donors (Lipinski definition) is 2. The second-order valence-electron chi connectivity index (χ2n) is 8.52. The number of phenolic OH excluding ortho intramolecular Hbond substituents is 1. The van der Waals surface area contributed by atoms with Gasteiger partial charge in [-0.05, 0) is 42.0 Å². The van der Waals surface area contributed by atoms with E-state index in [1.165, 1.54) is 6.07 Å². The van der Waals surface area contributed by atoms with Crippen molar-refractivity contribution in [3.05, 3.63) is 76.9 Å². The summed E-state index contributed by atoms with van der Waals surface area (Å²) in [5, 5.41) is 22.5. The molecule has 0 fully saturated rings. The molecule has 0 bridgehead atoms. The molecule has 2 N–H and O–H groups in total. The number of ketones is 1. The fourth-order valence-corrected chi connectivity index (χ4v) is 4.65. The number of carbonyl (C=O) groups is 2. The van der Waals surface area contributed by atoms with Crippen molar-refractivity contribution in [2.24, 2.45) is 5.92 Å². The zero-order valence-electron chi connectivity index (χ0n) is 18.5. The number of aromatic hydroxyl groups is 1. The number of amides is 1. The predicted molar refractivity (Wildman–Crippen MR) is 125 cm³/mol. The van der Waals surface area contributed by atoms with Gasteiger partial charge >= 0.3 is 0 Å². The molecule has 1 amide bonds. The Bertz CT molecular complexity index is 1170. The lowest BCUT2D eigenvalue weighted by atomic mass is 9.87. The summed E-state index contributed by atoms with van der Waals surface area (Å²) in [6, 6.07) is 15.2. The Hall–Kier alpha value is -3.18. The normalized spacial score (nSPS) is 16.4. The van der Waals surface area contributed by atoms with E-state index < -0.39 is 6.23 Å². The van der Waals surface area contributed by atoms with Gasteiger partial charge in [0.1, 0.15) is 5.75 Å². The first-order chi connectivity index (χ1) is 15.5. The first kappa shape index (κ1) is 22.0. The van der Waals surface area contributed by atoms with E-state index in [1.807, 2.05) is 6.07 Å². The van der Waals surface area contributed by atoms with Gasteiger partial charge in [-0.15, -0.1) is 0 Å². The zero-order chi connectivity index (χ0) is 22.8. The Kier molecular flexibility index (Phi) is 6.28. The van der Waals surface area contributed by atoms with Gasteiger partial charge in [0.25, 0.3) is 5.91 Å². The molecule has 3 aromatic carbocycles. The van der Waals surface area contributed by atoms with E-state index in [9.17, 15) is 19.8 Å². The molecule has 0 aromatic heterocycles. The Balaban J connectivity index is 1.77. The number of aliphatic hydroxyl groups is 1. The highest BCUT2D eigenvalue weighted by molar-refractivity contribution is 6.21. The van der Waals surface area contributed by atoms with Crippen LogP contribution in [0.4, 0.5) is 0 Å². The summed E-state index contributed by atoms with van der Waals surface area (Å²) in [7, 11) is 0. The van der Waals surface area contributed by atoms with E-state index in [0.29, 0.717) is 39.9 Å². The summed E-state index contributed by atoms with van der Waals surface area (Å²) in [5.41, 5.74) is 1.74. The van der Waals surface area contributed by atoms with Crippen LogP contribution in [0.5, 0.6) is 5.75 Å². The molecule has 0 spiro atoms. The van der Waals surface area contributed by atoms with Crippen LogP contribution in [0.15, 0.2) is 54.6 Å². The highest BCUT2D eigenvalue weighted by Crippen LogP contribution is 2.38. The molecule has 2 unspecified atom stereocenters. The molecule has 2 atom stereocenters. The number of hydrogen-bond acceptors (Lipinski definition) is 4. The van der Waals surface area contributed by atoms with Gasteiger partial charge in [-0.1, -0.05) is 63.4 Å². The number of unbranched alkanes of at least 4 members (excludes halogenated alkanes) is 1. The number of benzene rings is 3. The van der Waals surface area contributed by atoms with Crippen LogP contribution in [0.3, 0.4) is 0 Å². The zero-order valence-corrected chi connectivity index (χ0v) is 18.5. The molecule has 0 radical (unpaired) electrons. The second-order valence-corrected chi connectivity index (χ2v) is 8.52. The number of para-hydroxylation sites is 1. The van der Waals surface area contributed by atoms with Crippen LogP contribution in [0.2, 0.25) is 0 Å². The summed E-state index contributed by atoms with van der Waals surface area (Å²) < 4.78 is 0. The van der Waals surface area contributed by atoms with Crippen LogP contribution in [0, 0.1) is 5.92 Å². The molecule has 0 saturated carbocycles. The lowest BCUT2D eigenvalue weighted by Gasteiger charge is -2.36. The number of rotatable bonds is 8. The summed E-state index contributed by atoms with van der Waals surface area (Å²) in [6.07, 6.45) is 3.12. The molecule has 166 valence electrons. The van der Waals surface area contributed by atoms with Gasteiger partial charge in [0.15, 0.2) is 12.0 Å². The third-order valence-corrected chi connectivity index (χ3v) is 6.53. The minimum absolute atomic E-state index is 0.0852. The molecule has 4 rings (SSSR count). The van der Waals surface area contributed by atoms with Crippen molar-refractivity contribution in [2.75, 3.05) is 6.54 Å². The third kappa shape index (κ3) is 3.78. The van der Waals surface area contributed by atoms with Crippen molar-refractivity contribution in [3.8, 4) is 5.75 Å². The average Bonchev–Trinajstić information content (AvgIpc) is 2.81. The minimum atomic E-state index is -1.05. The van der Waals surface area contributed by atoms with Crippen molar-refractivity contribution in [1.82, 2.24) is 4.90 Å². The maximum atomic E-state index is 13.4. The molecule has 5 heteroatoms. The van der Waals surface area contributed by atoms with Crippen LogP contribution in [-0.4, -0.2) is 33.3 Å². The molecule has 1 aliphatic heterocycles. The summed E-state index contributed by atoms with van der Waals surface area (Å²) in [6.45, 7) is 4.77. The van der Waals surface area contributed by atoms with E-state index in [0.717, 1.165) is 25.7 Å². The highest BCUT2D eigenvalue weighted by atomic mass is 16.3. The molecule has 0 aliphatic carbocycles. The van der Waals surface area contributed by atoms with Crippen LogP contribution >= 0.6 is 0 Å². The monoisotopic (exact) mass is 431 g/mol. The Morgan fingerprint density at radius 2 is 1.81 bits per heavy atom. The fourth-order valence-electron chi connectivity index (χ4n) is 4.65. The maximum Gasteiger partial charge on any atom is 0.256 e. The van der Waals surface area contributed by atoms with Crippen molar-refractivity contribution in [2.45, 2.75) is 45.8 Å². The molecule has 0 saturated heterocycles. The van der Waals surface area contributed by atoms with Gasteiger partial charge in [-0.25, -0.2) is 0 Å². The smallest absolute Gasteiger partial charge is 0.256 e. The van der Waals surface area contributed by atoms with E-state index in [4.69, 9.17) is 0 Å². The summed E-state index contributed by atoms with van der Waals surface area (Å²) in [4.78, 5) is 28.2. The highest BCUT2D eigenvalue weighted by Gasteiger charge is 2.35. The van der Waals surface area contributed by atoms with Gasteiger partial charge in [-0.3, -0.25) is 9.59 Å². The number of aliphatic hydroxyl groups excluding tert-OH is 1. The quantitative estimate of drug-likeness (QED) is 0.466. The second kappa shape index (κ2) is 9.13. The van der Waals surface area contributed by atoms with Gasteiger partial charge in [0, 0.05) is 28.6 Å². The molecule has 32 heavy (non-hydrogen) atoms. The van der Waals surface area contributed by atoms with Crippen molar-refractivity contribution in [1.29, 1.82) is 0 Å². The van der Waals surface area contributed by atoms with Crippen molar-refractivity contribution >= 4 is 22.5 Å². The van der Waals surface area contributed by atoms with Gasteiger partial charge in [-0.2, -0.15) is 0 Å². The Labute approximate surface area is 188 Å². The van der Waals surface area contributed by atoms with Crippen LogP contribution < -0.4 is 0 Å². The van der Waals surface area contributed by atoms with Gasteiger partial charge in [0.05, 0.1) is 5.56 Å². The van der Waals surface area contributed by atoms with Crippen molar-refractivity contribution in [3.63, 3.8) is 0 Å². The van der Waals surface area contributed by atoms with Gasteiger partial charge < -0.3 is 15.1 Å². The first-order valence-corrected chi connectivity index (χ1v) is 11.3. The van der Waals surface area contributed by atoms with E-state index in [-0.39, 0.29) is 23.0 Å². The average molecular weight is 432 g/mol. The summed E-state index contributed by atoms with van der Waals surface area (Å²) in [5.74, 6) is -0.284. The molecule has 1 heterocycles. The lowest BCUT2D eigenvalue weighted by Crippen LogP contribution is -2.41. The predicted octanol–water partition coefficient (Wildman–Crippen LogP) is 5.44. The fraction of sp³-hybridized carbons (Fsp3) is 0.333. The van der Waals surface area contributed by atoms with Gasteiger partial charge in [0.2, 0.25) is 0 Å². The first-order valence-electron chi connectivity index (χ1n) is 11.3. The standard InChI is InChI=1S/C27H29NO4/c1-3-5-9-17(4-2)16-28-26(31)21-12-8-11-18-19(14-15-22(24(18)21)27(28)32)25(30)20-10-6-7-13-23(20)29/h6-8,10-15,17,26,29,31H,3-5,9,16H2,1-2H3. The Morgan fingerprint density at radius 3 is 2.53 bits per heavy atom. The van der Waals surface area contributed by atoms with E-state index in [1.54, 1.807) is 47.4 Å². The van der Waals surface area contributed by atoms with E-state index >= 15 is 0 Å². The number of carbonyl (C=O) groups excluding carboxylic acids is 2.